The number of aliphatic hydroxyl groups is 3. The van der Waals surface area contributed by atoms with Crippen LogP contribution in [0.3, 0.4) is 0 Å². The molecule has 4 unspecified atom stereocenters. The molecule has 0 amide bonds. The van der Waals surface area contributed by atoms with Crippen LogP contribution in [-0.2, 0) is 0 Å². The van der Waals surface area contributed by atoms with Gasteiger partial charge < -0.3 is 20.4 Å². The zero-order valence-corrected chi connectivity index (χ0v) is 14.5. The van der Waals surface area contributed by atoms with Gasteiger partial charge in [-0.05, 0) is 0 Å². The zero-order valence-electron chi connectivity index (χ0n) is 14.5. The van der Waals surface area contributed by atoms with Crippen LogP contribution in [0.15, 0.2) is 0 Å². The smallest absolute Gasteiger partial charge is 0.190 e. The molecule has 5 nitrogen and oxygen atoms in total. The summed E-state index contributed by atoms with van der Waals surface area (Å²) in [6.07, 6.45) is 5.01. The molecule has 0 aliphatic carbocycles. The predicted octanol–water partition coefficient (Wildman–Crippen LogP) is 0.230. The van der Waals surface area contributed by atoms with Crippen molar-refractivity contribution in [2.45, 2.75) is 91.8 Å². The first-order valence-corrected chi connectivity index (χ1v) is 8.30. The second-order valence-corrected chi connectivity index (χ2v) is 5.85. The van der Waals surface area contributed by atoms with Gasteiger partial charge in [-0.3, -0.25) is 4.90 Å². The summed E-state index contributed by atoms with van der Waals surface area (Å²) in [4.78, 5) is 0.361. The van der Waals surface area contributed by atoms with Crippen LogP contribution in [0.25, 0.3) is 0 Å². The van der Waals surface area contributed by atoms with Crippen molar-refractivity contribution >= 4 is 0 Å². The minimum Gasteiger partial charge on any atom is -0.854 e. The lowest BCUT2D eigenvalue weighted by molar-refractivity contribution is -1.02. The third kappa shape index (κ3) is 13.2. The van der Waals surface area contributed by atoms with Crippen molar-refractivity contribution in [3.05, 3.63) is 0 Å². The van der Waals surface area contributed by atoms with E-state index < -0.39 is 18.7 Å². The highest BCUT2D eigenvalue weighted by molar-refractivity contribution is 4.56. The summed E-state index contributed by atoms with van der Waals surface area (Å²) in [5.41, 5.74) is 0. The van der Waals surface area contributed by atoms with E-state index in [0.717, 1.165) is 12.8 Å². The molecule has 0 rings (SSSR count). The number of unbranched alkanes of at least 4 members (excludes halogenated alkanes) is 2. The van der Waals surface area contributed by atoms with Gasteiger partial charge in [0.2, 0.25) is 0 Å². The fraction of sp³-hybridized carbons (Fsp3) is 1.00. The Bertz CT molecular complexity index is 191. The van der Waals surface area contributed by atoms with Crippen molar-refractivity contribution in [3.63, 3.8) is 0 Å². The van der Waals surface area contributed by atoms with Crippen molar-refractivity contribution in [2.75, 3.05) is 6.61 Å². The van der Waals surface area contributed by atoms with E-state index in [1.807, 2.05) is 0 Å². The van der Waals surface area contributed by atoms with E-state index >= 15 is 0 Å². The minimum atomic E-state index is -0.750. The van der Waals surface area contributed by atoms with Crippen LogP contribution in [-0.4, -0.2) is 40.6 Å². The summed E-state index contributed by atoms with van der Waals surface area (Å²) >= 11 is 0. The molecule has 21 heavy (non-hydrogen) atoms. The average molecular weight is 307 g/mol. The molecule has 0 aromatic rings. The van der Waals surface area contributed by atoms with Gasteiger partial charge in [-0.1, -0.05) is 58.3 Å². The van der Waals surface area contributed by atoms with Gasteiger partial charge in [-0.15, -0.1) is 6.61 Å². The standard InChI is InChI=1S/C10H21O.C6H15NO3/c1-3-5-6-8-10(9-11)7-4-2;1-4(8)7(5(2)9)6(3)10/h10H,3-9H2,1-2H3;4-6,8-10H,1-3H3/q-1;/p+1. The maximum atomic E-state index is 10.6. The van der Waals surface area contributed by atoms with Gasteiger partial charge in [0.25, 0.3) is 0 Å². The zero-order chi connectivity index (χ0) is 16.8. The van der Waals surface area contributed by atoms with Gasteiger partial charge >= 0.3 is 0 Å². The number of quaternary nitrogens is 1. The highest BCUT2D eigenvalue weighted by Gasteiger charge is 2.24. The largest absolute Gasteiger partial charge is 0.854 e. The van der Waals surface area contributed by atoms with Crippen molar-refractivity contribution in [1.29, 1.82) is 0 Å². The first-order valence-electron chi connectivity index (χ1n) is 8.30. The summed E-state index contributed by atoms with van der Waals surface area (Å²) in [6, 6.07) is 0. The Kier molecular flexibility index (Phi) is 16.2. The van der Waals surface area contributed by atoms with Gasteiger partial charge in [-0.2, -0.15) is 0 Å². The van der Waals surface area contributed by atoms with E-state index in [2.05, 4.69) is 13.8 Å². The average Bonchev–Trinajstić information content (AvgIpc) is 2.37. The van der Waals surface area contributed by atoms with Crippen molar-refractivity contribution in [2.24, 2.45) is 5.92 Å². The maximum absolute atomic E-state index is 10.6. The molecular formula is C16H37NO4. The molecule has 0 bridgehead atoms. The Morgan fingerprint density at radius 2 is 1.29 bits per heavy atom. The Morgan fingerprint density at radius 1 is 0.810 bits per heavy atom. The molecule has 130 valence electrons. The quantitative estimate of drug-likeness (QED) is 0.344. The molecule has 4 atom stereocenters. The third-order valence-corrected chi connectivity index (χ3v) is 3.60. The van der Waals surface area contributed by atoms with Crippen molar-refractivity contribution in [1.82, 2.24) is 0 Å². The van der Waals surface area contributed by atoms with E-state index in [1.54, 1.807) is 0 Å². The van der Waals surface area contributed by atoms with E-state index in [1.165, 1.54) is 46.5 Å². The SMILES string of the molecule is CC(O)[NH+](C(C)O)C(C)O.CCCCCC(C[O-])CCC. The Labute approximate surface area is 130 Å². The Balaban J connectivity index is 0. The van der Waals surface area contributed by atoms with Gasteiger partial charge in [0, 0.05) is 20.8 Å². The fourth-order valence-electron chi connectivity index (χ4n) is 2.45. The lowest BCUT2D eigenvalue weighted by atomic mass is 9.98. The van der Waals surface area contributed by atoms with E-state index in [9.17, 15) is 5.11 Å². The lowest BCUT2D eigenvalue weighted by Crippen LogP contribution is -3.21. The molecule has 0 saturated carbocycles. The van der Waals surface area contributed by atoms with Gasteiger partial charge in [-0.25, -0.2) is 0 Å². The highest BCUT2D eigenvalue weighted by Crippen LogP contribution is 2.13. The molecule has 0 spiro atoms. The van der Waals surface area contributed by atoms with Crippen LogP contribution in [0.4, 0.5) is 0 Å². The Hall–Kier alpha value is -0.200. The second kappa shape index (κ2) is 14.7. The van der Waals surface area contributed by atoms with Crippen LogP contribution >= 0.6 is 0 Å². The maximum Gasteiger partial charge on any atom is 0.190 e. The molecule has 4 N–H and O–H groups in total. The third-order valence-electron chi connectivity index (χ3n) is 3.60. The number of nitrogens with one attached hydrogen (secondary N) is 1. The summed E-state index contributed by atoms with van der Waals surface area (Å²) in [5.74, 6) is 0.464. The molecule has 0 saturated heterocycles. The number of aliphatic hydroxyl groups excluding tert-OH is 3. The molecular weight excluding hydrogens is 270 g/mol. The van der Waals surface area contributed by atoms with Crippen LogP contribution in [0.5, 0.6) is 0 Å². The molecule has 0 aromatic heterocycles. The molecule has 0 radical (unpaired) electrons. The van der Waals surface area contributed by atoms with Crippen LogP contribution in [0.2, 0.25) is 0 Å². The Morgan fingerprint density at radius 3 is 1.52 bits per heavy atom. The normalized spacial score (nSPS) is 18.1. The molecule has 5 heteroatoms. The van der Waals surface area contributed by atoms with Gasteiger partial charge in [0.15, 0.2) is 18.7 Å². The molecule has 0 aliphatic rings. The van der Waals surface area contributed by atoms with Gasteiger partial charge in [0.05, 0.1) is 0 Å². The predicted molar refractivity (Wildman–Crippen MR) is 83.4 cm³/mol. The second-order valence-electron chi connectivity index (χ2n) is 5.85. The minimum absolute atomic E-state index is 0.136. The molecule has 0 aliphatic heterocycles. The lowest BCUT2D eigenvalue weighted by Gasteiger charge is -2.26. The molecule has 0 aromatic carbocycles. The number of hydrogen-bond acceptors (Lipinski definition) is 4. The summed E-state index contributed by atoms with van der Waals surface area (Å²) in [7, 11) is 0. The van der Waals surface area contributed by atoms with Crippen LogP contribution in [0.1, 0.15) is 73.1 Å². The van der Waals surface area contributed by atoms with Gasteiger partial charge in [0.1, 0.15) is 0 Å². The first-order chi connectivity index (χ1) is 9.81. The van der Waals surface area contributed by atoms with E-state index in [4.69, 9.17) is 15.3 Å². The molecule has 0 fully saturated rings. The summed E-state index contributed by atoms with van der Waals surface area (Å²) in [5, 5.41) is 37.6. The summed E-state index contributed by atoms with van der Waals surface area (Å²) < 4.78 is 0. The monoisotopic (exact) mass is 307 g/mol. The fourth-order valence-corrected chi connectivity index (χ4v) is 2.45. The van der Waals surface area contributed by atoms with Crippen molar-refractivity contribution < 1.29 is 25.3 Å². The van der Waals surface area contributed by atoms with E-state index in [0.29, 0.717) is 10.8 Å². The molecule has 0 heterocycles. The van der Waals surface area contributed by atoms with Crippen LogP contribution < -0.4 is 10.0 Å². The van der Waals surface area contributed by atoms with E-state index in [-0.39, 0.29) is 6.61 Å². The topological polar surface area (TPSA) is 88.2 Å². The number of hydrogen-bond donors (Lipinski definition) is 4. The summed E-state index contributed by atoms with van der Waals surface area (Å²) in [6.45, 7) is 9.06. The van der Waals surface area contributed by atoms with Crippen molar-refractivity contribution in [3.8, 4) is 0 Å². The first kappa shape index (κ1) is 23.1. The highest BCUT2D eigenvalue weighted by atomic mass is 16.4. The van der Waals surface area contributed by atoms with Crippen LogP contribution in [0, 0.1) is 5.92 Å². The number of rotatable bonds is 10.